The van der Waals surface area contributed by atoms with E-state index in [9.17, 15) is 0 Å². The molecule has 5 nitrogen and oxygen atoms in total. The first-order valence-electron chi connectivity index (χ1n) is 6.78. The minimum absolute atomic E-state index is 0.391. The van der Waals surface area contributed by atoms with Gasteiger partial charge in [-0.1, -0.05) is 35.3 Å². The van der Waals surface area contributed by atoms with Gasteiger partial charge < -0.3 is 16.4 Å². The average Bonchev–Trinajstić information content (AvgIpc) is 2.55. The number of hydrogen-bond donors (Lipinski definition) is 3. The summed E-state index contributed by atoms with van der Waals surface area (Å²) in [6.45, 7) is 0. The highest BCUT2D eigenvalue weighted by atomic mass is 35.5. The number of nitrogens with two attached hydrogens (primary N) is 1. The molecule has 0 bridgehead atoms. The third-order valence-electron chi connectivity index (χ3n) is 3.12. The van der Waals surface area contributed by atoms with Crippen molar-refractivity contribution >= 4 is 51.9 Å². The Labute approximate surface area is 143 Å². The molecular formula is C16H13Cl2N5. The van der Waals surface area contributed by atoms with Crippen molar-refractivity contribution in [2.24, 2.45) is 0 Å². The van der Waals surface area contributed by atoms with Gasteiger partial charge in [0, 0.05) is 10.7 Å². The van der Waals surface area contributed by atoms with Gasteiger partial charge in [0.1, 0.15) is 12.0 Å². The minimum atomic E-state index is 0.391. The Balaban J connectivity index is 1.86. The first-order valence-corrected chi connectivity index (χ1v) is 7.53. The topological polar surface area (TPSA) is 75.9 Å². The van der Waals surface area contributed by atoms with Gasteiger partial charge in [0.25, 0.3) is 0 Å². The van der Waals surface area contributed by atoms with Gasteiger partial charge in [-0.3, -0.25) is 0 Å². The average molecular weight is 346 g/mol. The van der Waals surface area contributed by atoms with Crippen molar-refractivity contribution < 1.29 is 0 Å². The van der Waals surface area contributed by atoms with Gasteiger partial charge in [0.15, 0.2) is 11.6 Å². The fraction of sp³-hybridized carbons (Fsp3) is 0. The standard InChI is InChI=1S/C16H13Cl2N5/c17-10-5-7-11(8-6-10)22-15-14(19)16(21-9-20-15)23-13-4-2-1-3-12(13)18/h1-9H,19H2,(H2,20,21,22,23). The summed E-state index contributed by atoms with van der Waals surface area (Å²) in [4.78, 5) is 8.33. The van der Waals surface area contributed by atoms with E-state index in [1.165, 1.54) is 6.33 Å². The van der Waals surface area contributed by atoms with E-state index in [0.29, 0.717) is 27.4 Å². The lowest BCUT2D eigenvalue weighted by Gasteiger charge is -2.13. The Morgan fingerprint density at radius 2 is 1.48 bits per heavy atom. The summed E-state index contributed by atoms with van der Waals surface area (Å²) in [6.07, 6.45) is 1.42. The minimum Gasteiger partial charge on any atom is -0.393 e. The molecule has 1 heterocycles. The van der Waals surface area contributed by atoms with Crippen molar-refractivity contribution in [1.29, 1.82) is 0 Å². The molecule has 0 aliphatic heterocycles. The number of benzene rings is 2. The number of halogens is 2. The van der Waals surface area contributed by atoms with Gasteiger partial charge in [-0.05, 0) is 36.4 Å². The molecule has 1 aromatic heterocycles. The Kier molecular flexibility index (Phi) is 4.50. The predicted molar refractivity (Wildman–Crippen MR) is 95.9 cm³/mol. The molecule has 0 amide bonds. The third kappa shape index (κ3) is 3.64. The molecule has 0 unspecified atom stereocenters. The Morgan fingerprint density at radius 3 is 2.17 bits per heavy atom. The van der Waals surface area contributed by atoms with E-state index in [-0.39, 0.29) is 0 Å². The van der Waals surface area contributed by atoms with Crippen molar-refractivity contribution in [2.75, 3.05) is 16.4 Å². The van der Waals surface area contributed by atoms with E-state index >= 15 is 0 Å². The zero-order valence-corrected chi connectivity index (χ0v) is 13.4. The summed E-state index contributed by atoms with van der Waals surface area (Å²) >= 11 is 12.0. The lowest BCUT2D eigenvalue weighted by molar-refractivity contribution is 1.17. The van der Waals surface area contributed by atoms with Crippen molar-refractivity contribution in [2.45, 2.75) is 0 Å². The second-order valence-corrected chi connectivity index (χ2v) is 5.56. The van der Waals surface area contributed by atoms with Crippen LogP contribution < -0.4 is 16.4 Å². The van der Waals surface area contributed by atoms with Crippen LogP contribution in [0.2, 0.25) is 10.0 Å². The number of nitrogens with one attached hydrogen (secondary N) is 2. The van der Waals surface area contributed by atoms with Gasteiger partial charge in [0.2, 0.25) is 0 Å². The van der Waals surface area contributed by atoms with Crippen LogP contribution in [0, 0.1) is 0 Å². The molecule has 3 aromatic rings. The van der Waals surface area contributed by atoms with E-state index in [4.69, 9.17) is 28.9 Å². The van der Waals surface area contributed by atoms with Gasteiger partial charge in [-0.15, -0.1) is 0 Å². The quantitative estimate of drug-likeness (QED) is 0.629. The maximum Gasteiger partial charge on any atom is 0.159 e. The zero-order valence-electron chi connectivity index (χ0n) is 11.9. The molecular weight excluding hydrogens is 333 g/mol. The van der Waals surface area contributed by atoms with Crippen LogP contribution in [0.1, 0.15) is 0 Å². The zero-order chi connectivity index (χ0) is 16.2. The monoisotopic (exact) mass is 345 g/mol. The number of nitrogen functional groups attached to an aromatic ring is 1. The number of rotatable bonds is 4. The molecule has 2 aromatic carbocycles. The van der Waals surface area contributed by atoms with Gasteiger partial charge >= 0.3 is 0 Å². The van der Waals surface area contributed by atoms with Crippen molar-refractivity contribution in [3.05, 3.63) is 64.9 Å². The molecule has 0 aliphatic rings. The molecule has 0 atom stereocenters. The van der Waals surface area contributed by atoms with Gasteiger partial charge in [-0.25, -0.2) is 9.97 Å². The largest absolute Gasteiger partial charge is 0.393 e. The molecule has 116 valence electrons. The second kappa shape index (κ2) is 6.73. The Morgan fingerprint density at radius 1 is 0.826 bits per heavy atom. The number of anilines is 5. The summed E-state index contributed by atoms with van der Waals surface area (Å²) < 4.78 is 0. The Hall–Kier alpha value is -2.50. The van der Waals surface area contributed by atoms with Crippen molar-refractivity contribution in [1.82, 2.24) is 9.97 Å². The van der Waals surface area contributed by atoms with Crippen LogP contribution >= 0.6 is 23.2 Å². The number of hydrogen-bond acceptors (Lipinski definition) is 5. The van der Waals surface area contributed by atoms with Gasteiger partial charge in [0.05, 0.1) is 10.7 Å². The van der Waals surface area contributed by atoms with Crippen LogP contribution in [0.25, 0.3) is 0 Å². The maximum atomic E-state index is 6.14. The third-order valence-corrected chi connectivity index (χ3v) is 3.70. The molecule has 4 N–H and O–H groups in total. The maximum absolute atomic E-state index is 6.14. The smallest absolute Gasteiger partial charge is 0.159 e. The molecule has 0 radical (unpaired) electrons. The molecule has 0 saturated carbocycles. The fourth-order valence-electron chi connectivity index (χ4n) is 1.95. The predicted octanol–water partition coefficient (Wildman–Crippen LogP) is 4.85. The number of aromatic nitrogens is 2. The highest BCUT2D eigenvalue weighted by molar-refractivity contribution is 6.33. The second-order valence-electron chi connectivity index (χ2n) is 4.72. The van der Waals surface area contributed by atoms with Gasteiger partial charge in [-0.2, -0.15) is 0 Å². The normalized spacial score (nSPS) is 10.3. The molecule has 0 aliphatic carbocycles. The van der Waals surface area contributed by atoms with E-state index < -0.39 is 0 Å². The van der Waals surface area contributed by atoms with E-state index in [0.717, 1.165) is 11.4 Å². The number of para-hydroxylation sites is 1. The molecule has 0 spiro atoms. The first-order chi connectivity index (χ1) is 11.1. The summed E-state index contributed by atoms with van der Waals surface area (Å²) in [5, 5.41) is 7.48. The summed E-state index contributed by atoms with van der Waals surface area (Å²) in [7, 11) is 0. The van der Waals surface area contributed by atoms with Crippen LogP contribution in [0.3, 0.4) is 0 Å². The van der Waals surface area contributed by atoms with Crippen LogP contribution in [0.5, 0.6) is 0 Å². The summed E-state index contributed by atoms with van der Waals surface area (Å²) in [5.74, 6) is 0.974. The molecule has 3 rings (SSSR count). The molecule has 0 fully saturated rings. The highest BCUT2D eigenvalue weighted by Gasteiger charge is 2.10. The van der Waals surface area contributed by atoms with E-state index in [1.807, 2.05) is 30.3 Å². The van der Waals surface area contributed by atoms with Crippen LogP contribution in [0.15, 0.2) is 54.9 Å². The van der Waals surface area contributed by atoms with Crippen molar-refractivity contribution in [3.8, 4) is 0 Å². The van der Waals surface area contributed by atoms with Crippen molar-refractivity contribution in [3.63, 3.8) is 0 Å². The Bertz CT molecular complexity index is 821. The van der Waals surface area contributed by atoms with Crippen LogP contribution in [0.4, 0.5) is 28.7 Å². The van der Waals surface area contributed by atoms with Crippen LogP contribution in [-0.2, 0) is 0 Å². The summed E-state index contributed by atoms with van der Waals surface area (Å²) in [5.41, 5.74) is 8.07. The molecule has 7 heteroatoms. The molecule has 0 saturated heterocycles. The van der Waals surface area contributed by atoms with E-state index in [2.05, 4.69) is 20.6 Å². The number of nitrogens with zero attached hydrogens (tertiary/aromatic N) is 2. The van der Waals surface area contributed by atoms with Crippen LogP contribution in [-0.4, -0.2) is 9.97 Å². The summed E-state index contributed by atoms with van der Waals surface area (Å²) in [6, 6.07) is 14.6. The molecule has 23 heavy (non-hydrogen) atoms. The lowest BCUT2D eigenvalue weighted by atomic mass is 10.3. The van der Waals surface area contributed by atoms with E-state index in [1.54, 1.807) is 18.2 Å². The SMILES string of the molecule is Nc1c(Nc2ccc(Cl)cc2)ncnc1Nc1ccccc1Cl. The lowest BCUT2D eigenvalue weighted by Crippen LogP contribution is -2.05. The highest BCUT2D eigenvalue weighted by Crippen LogP contribution is 2.30. The fourth-order valence-corrected chi connectivity index (χ4v) is 2.26. The first kappa shape index (κ1) is 15.4.